The van der Waals surface area contributed by atoms with Gasteiger partial charge >= 0.3 is 0 Å². The second kappa shape index (κ2) is 12.3. The molecule has 178 valence electrons. The number of carbonyl (C=O) groups is 2. The van der Waals surface area contributed by atoms with Gasteiger partial charge in [0.1, 0.15) is 6.04 Å². The van der Waals surface area contributed by atoms with Gasteiger partial charge in [-0.25, -0.2) is 5.43 Å². The van der Waals surface area contributed by atoms with E-state index in [9.17, 15) is 9.59 Å². The largest absolute Gasteiger partial charge is 0.493 e. The summed E-state index contributed by atoms with van der Waals surface area (Å²) in [6.45, 7) is 7.47. The average molecular weight is 559 g/mol. The molecule has 0 aliphatic heterocycles. The maximum atomic E-state index is 12.7. The Labute approximate surface area is 211 Å². The SMILES string of the molecule is COc1cc(C=NNC(=O)C(NC(=O)c2ccc(Cl)c(Cl)c2)C(C)C)cc(Br)c1OC(C)C. The summed E-state index contributed by atoms with van der Waals surface area (Å²) in [7, 11) is 1.54. The zero-order valence-electron chi connectivity index (χ0n) is 18.9. The van der Waals surface area contributed by atoms with Crippen LogP contribution in [0.2, 0.25) is 10.0 Å². The van der Waals surface area contributed by atoms with Crippen LogP contribution in [0.4, 0.5) is 0 Å². The number of nitrogens with one attached hydrogen (secondary N) is 2. The maximum Gasteiger partial charge on any atom is 0.262 e. The first-order valence-electron chi connectivity index (χ1n) is 10.2. The fourth-order valence-electron chi connectivity index (χ4n) is 2.80. The zero-order chi connectivity index (χ0) is 24.7. The highest BCUT2D eigenvalue weighted by Crippen LogP contribution is 2.37. The summed E-state index contributed by atoms with van der Waals surface area (Å²) in [6, 6.07) is 7.23. The molecule has 33 heavy (non-hydrogen) atoms. The van der Waals surface area contributed by atoms with Gasteiger partial charge in [0.2, 0.25) is 0 Å². The molecule has 2 amide bonds. The quantitative estimate of drug-likeness (QED) is 0.316. The van der Waals surface area contributed by atoms with Crippen molar-refractivity contribution in [1.29, 1.82) is 0 Å². The van der Waals surface area contributed by atoms with Crippen LogP contribution in [-0.4, -0.2) is 37.3 Å². The number of hydrogen-bond donors (Lipinski definition) is 2. The summed E-state index contributed by atoms with van der Waals surface area (Å²) >= 11 is 15.4. The van der Waals surface area contributed by atoms with Gasteiger partial charge in [0, 0.05) is 5.56 Å². The number of amides is 2. The summed E-state index contributed by atoms with van der Waals surface area (Å²) in [4.78, 5) is 25.3. The zero-order valence-corrected chi connectivity index (χ0v) is 22.0. The molecule has 0 spiro atoms. The van der Waals surface area contributed by atoms with E-state index in [2.05, 4.69) is 31.8 Å². The van der Waals surface area contributed by atoms with Gasteiger partial charge < -0.3 is 14.8 Å². The lowest BCUT2D eigenvalue weighted by Gasteiger charge is -2.20. The predicted octanol–water partition coefficient (Wildman–Crippen LogP) is 5.46. The molecule has 2 aromatic rings. The van der Waals surface area contributed by atoms with Crippen molar-refractivity contribution in [3.8, 4) is 11.5 Å². The smallest absolute Gasteiger partial charge is 0.262 e. The number of methoxy groups -OCH3 is 1. The lowest BCUT2D eigenvalue weighted by Crippen LogP contribution is -2.48. The van der Waals surface area contributed by atoms with Gasteiger partial charge in [0.15, 0.2) is 11.5 Å². The summed E-state index contributed by atoms with van der Waals surface area (Å²) in [5.41, 5.74) is 3.45. The Kier molecular flexibility index (Phi) is 10.0. The molecule has 0 aliphatic carbocycles. The molecule has 0 fully saturated rings. The van der Waals surface area contributed by atoms with Crippen LogP contribution in [0, 0.1) is 5.92 Å². The minimum absolute atomic E-state index is 0.0268. The fraction of sp³-hybridized carbons (Fsp3) is 0.348. The van der Waals surface area contributed by atoms with E-state index in [4.69, 9.17) is 32.7 Å². The normalized spacial score (nSPS) is 12.2. The number of ether oxygens (including phenoxy) is 2. The molecule has 0 saturated heterocycles. The Bertz CT molecular complexity index is 1040. The topological polar surface area (TPSA) is 89.0 Å². The standard InChI is InChI=1S/C23H26BrCl2N3O4/c1-12(2)20(28-22(30)15-6-7-17(25)18(26)10-15)23(31)29-27-11-14-8-16(24)21(33-13(3)4)19(9-14)32-5/h6-13,20H,1-5H3,(H,28,30)(H,29,31). The van der Waals surface area contributed by atoms with Crippen molar-refractivity contribution in [2.75, 3.05) is 7.11 Å². The first-order chi connectivity index (χ1) is 15.5. The highest BCUT2D eigenvalue weighted by Gasteiger charge is 2.25. The average Bonchev–Trinajstić information content (AvgIpc) is 2.74. The van der Waals surface area contributed by atoms with Gasteiger partial charge in [0.05, 0.1) is 33.9 Å². The minimum Gasteiger partial charge on any atom is -0.493 e. The van der Waals surface area contributed by atoms with E-state index < -0.39 is 17.9 Å². The van der Waals surface area contributed by atoms with Crippen molar-refractivity contribution >= 4 is 57.2 Å². The second-order valence-corrected chi connectivity index (χ2v) is 9.43. The number of rotatable bonds is 9. The van der Waals surface area contributed by atoms with E-state index in [1.807, 2.05) is 27.7 Å². The Hall–Kier alpha value is -2.29. The summed E-state index contributed by atoms with van der Waals surface area (Å²) in [5, 5.41) is 7.33. The number of hydrazone groups is 1. The minimum atomic E-state index is -0.813. The van der Waals surface area contributed by atoms with E-state index in [1.54, 1.807) is 19.2 Å². The summed E-state index contributed by atoms with van der Waals surface area (Å²) in [6.07, 6.45) is 1.45. The van der Waals surface area contributed by atoms with Crippen LogP contribution in [0.15, 0.2) is 39.9 Å². The van der Waals surface area contributed by atoms with Gasteiger partial charge in [-0.2, -0.15) is 5.10 Å². The van der Waals surface area contributed by atoms with Crippen molar-refractivity contribution in [2.24, 2.45) is 11.0 Å². The molecule has 2 N–H and O–H groups in total. The van der Waals surface area contributed by atoms with Crippen LogP contribution < -0.4 is 20.2 Å². The molecule has 10 heteroatoms. The molecule has 0 aromatic heterocycles. The number of carbonyl (C=O) groups excluding carboxylic acids is 2. The molecule has 0 radical (unpaired) electrons. The fourth-order valence-corrected chi connectivity index (χ4v) is 3.65. The second-order valence-electron chi connectivity index (χ2n) is 7.76. The van der Waals surface area contributed by atoms with E-state index in [0.29, 0.717) is 32.1 Å². The van der Waals surface area contributed by atoms with Crippen molar-refractivity contribution in [3.63, 3.8) is 0 Å². The van der Waals surface area contributed by atoms with E-state index in [1.165, 1.54) is 24.4 Å². The third-order valence-corrected chi connectivity index (χ3v) is 5.74. The highest BCUT2D eigenvalue weighted by atomic mass is 79.9. The Balaban J connectivity index is 2.10. The third-order valence-electron chi connectivity index (χ3n) is 4.41. The van der Waals surface area contributed by atoms with Crippen molar-refractivity contribution in [2.45, 2.75) is 39.8 Å². The molecule has 2 rings (SSSR count). The third kappa shape index (κ3) is 7.62. The van der Waals surface area contributed by atoms with E-state index in [-0.39, 0.29) is 17.0 Å². The number of benzene rings is 2. The molecule has 7 nitrogen and oxygen atoms in total. The number of hydrogen-bond acceptors (Lipinski definition) is 5. The molecule has 1 unspecified atom stereocenters. The van der Waals surface area contributed by atoms with E-state index >= 15 is 0 Å². The molecule has 0 bridgehead atoms. The molecule has 2 aromatic carbocycles. The van der Waals surface area contributed by atoms with Gasteiger partial charge in [0.25, 0.3) is 11.8 Å². The molecular formula is C23H26BrCl2N3O4. The van der Waals surface area contributed by atoms with Crippen molar-refractivity contribution in [1.82, 2.24) is 10.7 Å². The highest BCUT2D eigenvalue weighted by molar-refractivity contribution is 9.10. The lowest BCUT2D eigenvalue weighted by atomic mass is 10.0. The van der Waals surface area contributed by atoms with Crippen LogP contribution in [0.3, 0.4) is 0 Å². The van der Waals surface area contributed by atoms with Gasteiger partial charge in [-0.05, 0) is 71.6 Å². The van der Waals surface area contributed by atoms with Crippen molar-refractivity contribution < 1.29 is 19.1 Å². The van der Waals surface area contributed by atoms with Gasteiger partial charge in [-0.3, -0.25) is 9.59 Å². The number of nitrogens with zero attached hydrogens (tertiary/aromatic N) is 1. The number of halogens is 3. The first kappa shape index (κ1) is 27.0. The Morgan fingerprint density at radius 3 is 2.36 bits per heavy atom. The van der Waals surface area contributed by atoms with E-state index in [0.717, 1.165) is 0 Å². The maximum absolute atomic E-state index is 12.7. The Morgan fingerprint density at radius 2 is 1.79 bits per heavy atom. The summed E-state index contributed by atoms with van der Waals surface area (Å²) in [5.74, 6) is 0.0215. The molecule has 1 atom stereocenters. The molecule has 0 heterocycles. The molecule has 0 aliphatic rings. The lowest BCUT2D eigenvalue weighted by molar-refractivity contribution is -0.123. The van der Waals surface area contributed by atoms with Crippen LogP contribution >= 0.6 is 39.1 Å². The van der Waals surface area contributed by atoms with Gasteiger partial charge in [-0.1, -0.05) is 37.0 Å². The monoisotopic (exact) mass is 557 g/mol. The van der Waals surface area contributed by atoms with Crippen LogP contribution in [0.5, 0.6) is 11.5 Å². The van der Waals surface area contributed by atoms with Crippen LogP contribution in [0.25, 0.3) is 0 Å². The van der Waals surface area contributed by atoms with Crippen LogP contribution in [0.1, 0.15) is 43.6 Å². The molecular weight excluding hydrogens is 533 g/mol. The van der Waals surface area contributed by atoms with Gasteiger partial charge in [-0.15, -0.1) is 0 Å². The Morgan fingerprint density at radius 1 is 1.09 bits per heavy atom. The first-order valence-corrected chi connectivity index (χ1v) is 11.7. The van der Waals surface area contributed by atoms with Crippen LogP contribution in [-0.2, 0) is 4.79 Å². The van der Waals surface area contributed by atoms with Crippen molar-refractivity contribution in [3.05, 3.63) is 56.0 Å². The predicted molar refractivity (Wildman–Crippen MR) is 135 cm³/mol. The summed E-state index contributed by atoms with van der Waals surface area (Å²) < 4.78 is 11.9. The molecule has 0 saturated carbocycles.